The lowest BCUT2D eigenvalue weighted by molar-refractivity contribution is -0.116. The Hall–Kier alpha value is -3.39. The van der Waals surface area contributed by atoms with Crippen molar-refractivity contribution < 1.29 is 23.2 Å². The van der Waals surface area contributed by atoms with E-state index in [4.69, 9.17) is 11.6 Å². The molecule has 0 aliphatic rings. The van der Waals surface area contributed by atoms with Crippen molar-refractivity contribution in [3.8, 4) is 11.4 Å². The zero-order chi connectivity index (χ0) is 21.3. The predicted octanol–water partition coefficient (Wildman–Crippen LogP) is 3.47. The number of benzene rings is 2. The molecule has 0 bridgehead atoms. The van der Waals surface area contributed by atoms with Gasteiger partial charge >= 0.3 is 0 Å². The van der Waals surface area contributed by atoms with Gasteiger partial charge < -0.3 is 4.57 Å². The molecule has 1 heterocycles. The number of carbonyl (C=O) groups is 3. The van der Waals surface area contributed by atoms with E-state index in [-0.39, 0.29) is 22.1 Å². The average Bonchev–Trinajstić information content (AvgIpc) is 3.02. The number of hydrogen-bond acceptors (Lipinski definition) is 4. The van der Waals surface area contributed by atoms with Crippen molar-refractivity contribution in [3.63, 3.8) is 0 Å². The molecule has 6 nitrogen and oxygen atoms in total. The molecule has 29 heavy (non-hydrogen) atoms. The first-order chi connectivity index (χ1) is 13.7. The van der Waals surface area contributed by atoms with Gasteiger partial charge in [-0.25, -0.2) is 13.8 Å². The summed E-state index contributed by atoms with van der Waals surface area (Å²) in [4.78, 5) is 40.6. The number of nitrogens with one attached hydrogen (secondary N) is 1. The molecule has 2 aromatic carbocycles. The molecule has 3 aromatic rings. The molecule has 1 aromatic heterocycles. The number of carbonyl (C=O) groups excluding carboxylic acids is 3. The molecule has 0 spiro atoms. The molecule has 0 unspecified atom stereocenters. The van der Waals surface area contributed by atoms with Crippen LogP contribution < -0.4 is 5.32 Å². The summed E-state index contributed by atoms with van der Waals surface area (Å²) < 4.78 is 29.2. The van der Waals surface area contributed by atoms with Crippen LogP contribution in [0, 0.1) is 18.6 Å². The molecule has 0 saturated carbocycles. The minimum absolute atomic E-state index is 0.0577. The molecule has 0 aliphatic heterocycles. The van der Waals surface area contributed by atoms with Crippen LogP contribution in [0.5, 0.6) is 0 Å². The highest BCUT2D eigenvalue weighted by atomic mass is 35.5. The third-order valence-electron chi connectivity index (χ3n) is 4.10. The zero-order valence-electron chi connectivity index (χ0n) is 15.3. The van der Waals surface area contributed by atoms with Crippen molar-refractivity contribution in [1.29, 1.82) is 0 Å². The van der Waals surface area contributed by atoms with E-state index in [9.17, 15) is 23.2 Å². The number of aromatic nitrogens is 2. The number of hydrogen-bond donors (Lipinski definition) is 1. The number of imidazole rings is 1. The van der Waals surface area contributed by atoms with Crippen LogP contribution in [0.25, 0.3) is 11.4 Å². The number of imide groups is 1. The minimum Gasteiger partial charge on any atom is -0.333 e. The first-order valence-electron chi connectivity index (χ1n) is 8.33. The van der Waals surface area contributed by atoms with Gasteiger partial charge in [-0.3, -0.25) is 19.7 Å². The first-order valence-corrected chi connectivity index (χ1v) is 8.70. The highest BCUT2D eigenvalue weighted by Gasteiger charge is 2.24. The van der Waals surface area contributed by atoms with Gasteiger partial charge in [0, 0.05) is 18.8 Å². The summed E-state index contributed by atoms with van der Waals surface area (Å²) in [6.45, 7) is 1.76. The smallest absolute Gasteiger partial charge is 0.299 e. The summed E-state index contributed by atoms with van der Waals surface area (Å²) in [5.41, 5.74) is 0.0336. The molecule has 1 N–H and O–H groups in total. The summed E-state index contributed by atoms with van der Waals surface area (Å²) in [6, 6.07) is 7.80. The normalized spacial score (nSPS) is 10.7. The number of nitrogens with zero attached hydrogens (tertiary/aromatic N) is 2. The van der Waals surface area contributed by atoms with E-state index in [0.717, 1.165) is 17.7 Å². The number of amides is 2. The maximum atomic E-state index is 14.0. The van der Waals surface area contributed by atoms with Crippen molar-refractivity contribution in [2.45, 2.75) is 6.92 Å². The van der Waals surface area contributed by atoms with Crippen LogP contribution in [0.15, 0.2) is 42.6 Å². The number of halogens is 3. The van der Waals surface area contributed by atoms with Crippen molar-refractivity contribution in [3.05, 3.63) is 76.1 Å². The highest BCUT2D eigenvalue weighted by molar-refractivity contribution is 6.48. The van der Waals surface area contributed by atoms with E-state index in [0.29, 0.717) is 0 Å². The van der Waals surface area contributed by atoms with E-state index in [2.05, 4.69) is 4.98 Å². The quantitative estimate of drug-likeness (QED) is 0.520. The van der Waals surface area contributed by atoms with Crippen LogP contribution in [0.3, 0.4) is 0 Å². The standard InChI is InChI=1S/C20H14ClF2N3O3/c1-10-6-7-11(12(21)8-10)17(27)20(29)25-19(28)15-9-26(2)18(24-15)16-13(22)4-3-5-14(16)23/h3-9H,1-2H3,(H,25,28,29). The molecule has 0 radical (unpaired) electrons. The van der Waals surface area contributed by atoms with Crippen LogP contribution in [0.2, 0.25) is 5.02 Å². The Balaban J connectivity index is 1.83. The van der Waals surface area contributed by atoms with Crippen LogP contribution in [0.4, 0.5) is 8.78 Å². The summed E-state index contributed by atoms with van der Waals surface area (Å²) in [5.74, 6) is -5.06. The maximum Gasteiger partial charge on any atom is 0.299 e. The summed E-state index contributed by atoms with van der Waals surface area (Å²) in [7, 11) is 1.43. The van der Waals surface area contributed by atoms with Gasteiger partial charge in [0.15, 0.2) is 0 Å². The number of Topliss-reactive ketones (excluding diaryl/α,β-unsaturated/α-hetero) is 1. The second-order valence-corrected chi connectivity index (χ2v) is 6.66. The van der Waals surface area contributed by atoms with Gasteiger partial charge in [0.1, 0.15) is 23.2 Å². The molecule has 0 aliphatic carbocycles. The Morgan fingerprint density at radius 2 is 1.76 bits per heavy atom. The van der Waals surface area contributed by atoms with Crippen LogP contribution in [-0.4, -0.2) is 27.1 Å². The second-order valence-electron chi connectivity index (χ2n) is 6.25. The molecular weight excluding hydrogens is 404 g/mol. The zero-order valence-corrected chi connectivity index (χ0v) is 16.1. The van der Waals surface area contributed by atoms with Gasteiger partial charge in [-0.1, -0.05) is 23.7 Å². The van der Waals surface area contributed by atoms with Gasteiger partial charge in [-0.15, -0.1) is 0 Å². The molecule has 2 amide bonds. The molecule has 0 saturated heterocycles. The van der Waals surface area contributed by atoms with E-state index in [1.54, 1.807) is 13.0 Å². The molecule has 9 heteroatoms. The maximum absolute atomic E-state index is 14.0. The largest absolute Gasteiger partial charge is 0.333 e. The van der Waals surface area contributed by atoms with E-state index >= 15 is 0 Å². The topological polar surface area (TPSA) is 81.1 Å². The minimum atomic E-state index is -1.20. The van der Waals surface area contributed by atoms with Crippen molar-refractivity contribution in [2.75, 3.05) is 0 Å². The third-order valence-corrected chi connectivity index (χ3v) is 4.41. The molecule has 0 fully saturated rings. The summed E-state index contributed by atoms with van der Waals surface area (Å²) in [6.07, 6.45) is 1.19. The Bertz CT molecular complexity index is 1140. The Morgan fingerprint density at radius 1 is 1.10 bits per heavy atom. The Kier molecular flexibility index (Phi) is 5.56. The Morgan fingerprint density at radius 3 is 2.38 bits per heavy atom. The molecule has 3 rings (SSSR count). The van der Waals surface area contributed by atoms with Crippen molar-refractivity contribution >= 4 is 29.2 Å². The van der Waals surface area contributed by atoms with E-state index in [1.165, 1.54) is 36.0 Å². The lowest BCUT2D eigenvalue weighted by atomic mass is 10.1. The molecule has 0 atom stereocenters. The SMILES string of the molecule is Cc1ccc(C(=O)C(=O)NC(=O)c2cn(C)c(-c3c(F)cccc3F)n2)c(Cl)c1. The first kappa shape index (κ1) is 20.3. The van der Waals surface area contributed by atoms with E-state index < -0.39 is 34.8 Å². The van der Waals surface area contributed by atoms with Gasteiger partial charge in [0.25, 0.3) is 17.6 Å². The fraction of sp³-hybridized carbons (Fsp3) is 0.100. The van der Waals surface area contributed by atoms with Crippen LogP contribution >= 0.6 is 11.6 Å². The fourth-order valence-corrected chi connectivity index (χ4v) is 2.99. The lowest BCUT2D eigenvalue weighted by Crippen LogP contribution is -2.36. The van der Waals surface area contributed by atoms with Gasteiger partial charge in [0.2, 0.25) is 0 Å². The molecule has 148 valence electrons. The van der Waals surface area contributed by atoms with E-state index in [1.807, 2.05) is 5.32 Å². The van der Waals surface area contributed by atoms with Crippen LogP contribution in [0.1, 0.15) is 26.4 Å². The van der Waals surface area contributed by atoms with Crippen molar-refractivity contribution in [2.24, 2.45) is 7.05 Å². The lowest BCUT2D eigenvalue weighted by Gasteiger charge is -2.05. The molecular formula is C20H14ClF2N3O3. The number of ketones is 1. The Labute approximate surface area is 169 Å². The predicted molar refractivity (Wildman–Crippen MR) is 102 cm³/mol. The third kappa shape index (κ3) is 4.07. The average molecular weight is 418 g/mol. The number of rotatable bonds is 4. The summed E-state index contributed by atoms with van der Waals surface area (Å²) in [5, 5.41) is 1.98. The monoisotopic (exact) mass is 417 g/mol. The fourth-order valence-electron chi connectivity index (χ4n) is 2.67. The van der Waals surface area contributed by atoms with Gasteiger partial charge in [-0.05, 0) is 36.8 Å². The number of aryl methyl sites for hydroxylation is 2. The van der Waals surface area contributed by atoms with Crippen LogP contribution in [-0.2, 0) is 11.8 Å². The highest BCUT2D eigenvalue weighted by Crippen LogP contribution is 2.25. The van der Waals surface area contributed by atoms with Gasteiger partial charge in [0.05, 0.1) is 10.6 Å². The summed E-state index contributed by atoms with van der Waals surface area (Å²) >= 11 is 5.97. The van der Waals surface area contributed by atoms with Gasteiger partial charge in [-0.2, -0.15) is 0 Å². The second kappa shape index (κ2) is 7.92. The van der Waals surface area contributed by atoms with Crippen molar-refractivity contribution in [1.82, 2.24) is 14.9 Å².